The molecule has 0 aromatic heterocycles. The van der Waals surface area contributed by atoms with Crippen molar-refractivity contribution >= 4 is 21.6 Å². The summed E-state index contributed by atoms with van der Waals surface area (Å²) in [6, 6.07) is 17.0. The van der Waals surface area contributed by atoms with Crippen molar-refractivity contribution in [1.82, 2.24) is 4.31 Å². The van der Waals surface area contributed by atoms with Crippen LogP contribution in [0.2, 0.25) is 0 Å². The molecule has 0 spiro atoms. The lowest BCUT2D eigenvalue weighted by atomic mass is 9.96. The standard InChI is InChI=1S/C22H28N2O3S/c1-17(2)20-10-6-7-11-21(20)23-22(25)19-12-14-24(15-13-19)28(26,27)16-18-8-4-3-5-9-18/h3-11,17,19H,12-16H2,1-2H3,(H,23,25). The van der Waals surface area contributed by atoms with Crippen LogP contribution in [0.5, 0.6) is 0 Å². The number of carbonyl (C=O) groups excluding carboxylic acids is 1. The molecule has 0 saturated carbocycles. The Morgan fingerprint density at radius 1 is 1.04 bits per heavy atom. The van der Waals surface area contributed by atoms with Gasteiger partial charge in [-0.2, -0.15) is 0 Å². The van der Waals surface area contributed by atoms with Crippen LogP contribution in [0.25, 0.3) is 0 Å². The lowest BCUT2D eigenvalue weighted by Gasteiger charge is -2.30. The van der Waals surface area contributed by atoms with E-state index in [0.29, 0.717) is 31.8 Å². The number of hydrogen-bond donors (Lipinski definition) is 1. The zero-order chi connectivity index (χ0) is 20.1. The van der Waals surface area contributed by atoms with E-state index in [1.54, 1.807) is 0 Å². The van der Waals surface area contributed by atoms with Gasteiger partial charge in [0.1, 0.15) is 0 Å². The Morgan fingerprint density at radius 2 is 1.64 bits per heavy atom. The van der Waals surface area contributed by atoms with Crippen LogP contribution in [0.3, 0.4) is 0 Å². The molecule has 1 amide bonds. The zero-order valence-electron chi connectivity index (χ0n) is 16.5. The smallest absolute Gasteiger partial charge is 0.227 e. The van der Waals surface area contributed by atoms with Gasteiger partial charge < -0.3 is 5.32 Å². The molecule has 1 aliphatic rings. The van der Waals surface area contributed by atoms with Gasteiger partial charge in [0.25, 0.3) is 0 Å². The highest BCUT2D eigenvalue weighted by atomic mass is 32.2. The van der Waals surface area contributed by atoms with Crippen LogP contribution in [-0.2, 0) is 20.6 Å². The highest BCUT2D eigenvalue weighted by Gasteiger charge is 2.31. The van der Waals surface area contributed by atoms with Crippen molar-refractivity contribution in [3.05, 3.63) is 65.7 Å². The summed E-state index contributed by atoms with van der Waals surface area (Å²) in [5, 5.41) is 3.05. The number of amides is 1. The molecular formula is C22H28N2O3S. The first-order valence-electron chi connectivity index (χ1n) is 9.78. The van der Waals surface area contributed by atoms with Crippen LogP contribution in [0.4, 0.5) is 5.69 Å². The van der Waals surface area contributed by atoms with Crippen LogP contribution in [0.15, 0.2) is 54.6 Å². The summed E-state index contributed by atoms with van der Waals surface area (Å²) < 4.78 is 26.9. The number of anilines is 1. The molecule has 28 heavy (non-hydrogen) atoms. The van der Waals surface area contributed by atoms with Gasteiger partial charge in [-0.25, -0.2) is 12.7 Å². The van der Waals surface area contributed by atoms with Gasteiger partial charge in [-0.15, -0.1) is 0 Å². The molecule has 150 valence electrons. The van der Waals surface area contributed by atoms with Crippen LogP contribution in [0.1, 0.15) is 43.7 Å². The fraction of sp³-hybridized carbons (Fsp3) is 0.409. The number of nitrogens with zero attached hydrogens (tertiary/aromatic N) is 1. The molecule has 1 saturated heterocycles. The van der Waals surface area contributed by atoms with Crippen molar-refractivity contribution < 1.29 is 13.2 Å². The number of hydrogen-bond acceptors (Lipinski definition) is 3. The average Bonchev–Trinajstić information content (AvgIpc) is 2.69. The molecule has 1 fully saturated rings. The summed E-state index contributed by atoms with van der Waals surface area (Å²) in [4.78, 5) is 12.7. The first-order valence-corrected chi connectivity index (χ1v) is 11.4. The molecule has 6 heteroatoms. The maximum Gasteiger partial charge on any atom is 0.227 e. The third-order valence-corrected chi connectivity index (χ3v) is 7.10. The lowest BCUT2D eigenvalue weighted by molar-refractivity contribution is -0.120. The van der Waals surface area contributed by atoms with Gasteiger partial charge in [-0.3, -0.25) is 4.79 Å². The van der Waals surface area contributed by atoms with Crippen molar-refractivity contribution in [3.8, 4) is 0 Å². The molecule has 3 rings (SSSR count). The molecule has 0 radical (unpaired) electrons. The highest BCUT2D eigenvalue weighted by molar-refractivity contribution is 7.88. The Hall–Kier alpha value is -2.18. The van der Waals surface area contributed by atoms with Gasteiger partial charge >= 0.3 is 0 Å². The van der Waals surface area contributed by atoms with Crippen LogP contribution in [-0.4, -0.2) is 31.7 Å². The van der Waals surface area contributed by atoms with Crippen LogP contribution in [0, 0.1) is 5.92 Å². The first-order chi connectivity index (χ1) is 13.4. The zero-order valence-corrected chi connectivity index (χ0v) is 17.3. The summed E-state index contributed by atoms with van der Waals surface area (Å²) >= 11 is 0. The summed E-state index contributed by atoms with van der Waals surface area (Å²) in [5.74, 6) is 0.144. The van der Waals surface area contributed by atoms with E-state index in [1.807, 2.05) is 54.6 Å². The van der Waals surface area contributed by atoms with Crippen molar-refractivity contribution in [1.29, 1.82) is 0 Å². The second-order valence-corrected chi connectivity index (χ2v) is 9.62. The van der Waals surface area contributed by atoms with E-state index < -0.39 is 10.0 Å². The summed E-state index contributed by atoms with van der Waals surface area (Å²) in [6.45, 7) is 4.97. The Bertz CT molecular complexity index is 902. The third kappa shape index (κ3) is 5.00. The summed E-state index contributed by atoms with van der Waals surface area (Å²) in [7, 11) is -3.36. The number of sulfonamides is 1. The van der Waals surface area contributed by atoms with E-state index in [9.17, 15) is 13.2 Å². The molecule has 1 heterocycles. The maximum atomic E-state index is 12.7. The average molecular weight is 401 g/mol. The Kier molecular flexibility index (Phi) is 6.52. The molecular weight excluding hydrogens is 372 g/mol. The number of carbonyl (C=O) groups is 1. The van der Waals surface area contributed by atoms with Crippen LogP contribution < -0.4 is 5.32 Å². The Morgan fingerprint density at radius 3 is 2.29 bits per heavy atom. The highest BCUT2D eigenvalue weighted by Crippen LogP contribution is 2.27. The third-order valence-electron chi connectivity index (χ3n) is 5.25. The number of benzene rings is 2. The quantitative estimate of drug-likeness (QED) is 0.797. The van der Waals surface area contributed by atoms with Gasteiger partial charge in [0.15, 0.2) is 0 Å². The van der Waals surface area contributed by atoms with Gasteiger partial charge in [-0.1, -0.05) is 62.4 Å². The molecule has 0 unspecified atom stereocenters. The summed E-state index contributed by atoms with van der Waals surface area (Å²) in [6.07, 6.45) is 1.09. The van der Waals surface area contributed by atoms with Crippen LogP contribution >= 0.6 is 0 Å². The van der Waals surface area contributed by atoms with E-state index in [1.165, 1.54) is 4.31 Å². The second-order valence-electron chi connectivity index (χ2n) is 7.65. The van der Waals surface area contributed by atoms with E-state index in [2.05, 4.69) is 19.2 Å². The SMILES string of the molecule is CC(C)c1ccccc1NC(=O)C1CCN(S(=O)(=O)Cc2ccccc2)CC1. The predicted octanol–water partition coefficient (Wildman–Crippen LogP) is 3.99. The maximum absolute atomic E-state index is 12.7. The fourth-order valence-corrected chi connectivity index (χ4v) is 5.18. The largest absolute Gasteiger partial charge is 0.326 e. The lowest BCUT2D eigenvalue weighted by Crippen LogP contribution is -2.41. The van der Waals surface area contributed by atoms with Crippen molar-refractivity contribution in [2.24, 2.45) is 5.92 Å². The molecule has 5 nitrogen and oxygen atoms in total. The van der Waals surface area contributed by atoms with E-state index in [-0.39, 0.29) is 17.6 Å². The van der Waals surface area contributed by atoms with Crippen molar-refractivity contribution in [2.75, 3.05) is 18.4 Å². The number of para-hydroxylation sites is 1. The van der Waals surface area contributed by atoms with Gasteiger partial charge in [-0.05, 0) is 36.0 Å². The first kappa shape index (κ1) is 20.6. The van der Waals surface area contributed by atoms with Gasteiger partial charge in [0.2, 0.25) is 15.9 Å². The molecule has 1 aliphatic heterocycles. The predicted molar refractivity (Wildman–Crippen MR) is 113 cm³/mol. The molecule has 0 aliphatic carbocycles. The molecule has 1 N–H and O–H groups in total. The summed E-state index contributed by atoms with van der Waals surface area (Å²) in [5.41, 5.74) is 2.74. The minimum absolute atomic E-state index is 0.00642. The molecule has 2 aromatic carbocycles. The van der Waals surface area contributed by atoms with Crippen molar-refractivity contribution in [2.45, 2.75) is 38.4 Å². The second kappa shape index (κ2) is 8.88. The Labute approximate surface area is 167 Å². The molecule has 0 atom stereocenters. The van der Waals surface area contributed by atoms with E-state index >= 15 is 0 Å². The monoisotopic (exact) mass is 400 g/mol. The number of piperidine rings is 1. The molecule has 0 bridgehead atoms. The Balaban J connectivity index is 1.58. The topological polar surface area (TPSA) is 66.5 Å². The fourth-order valence-electron chi connectivity index (χ4n) is 3.62. The number of nitrogens with one attached hydrogen (secondary N) is 1. The molecule has 2 aromatic rings. The van der Waals surface area contributed by atoms with Gasteiger partial charge in [0.05, 0.1) is 5.75 Å². The van der Waals surface area contributed by atoms with E-state index in [0.717, 1.165) is 16.8 Å². The minimum Gasteiger partial charge on any atom is -0.326 e. The van der Waals surface area contributed by atoms with E-state index in [4.69, 9.17) is 0 Å². The van der Waals surface area contributed by atoms with Crippen molar-refractivity contribution in [3.63, 3.8) is 0 Å². The number of rotatable bonds is 6. The van der Waals surface area contributed by atoms with Gasteiger partial charge in [0, 0.05) is 24.7 Å². The normalized spacial score (nSPS) is 16.2. The minimum atomic E-state index is -3.36.